The molecule has 0 spiro atoms. The van der Waals surface area contributed by atoms with Crippen LogP contribution in [0.25, 0.3) is 6.08 Å². The van der Waals surface area contributed by atoms with E-state index in [1.54, 1.807) is 0 Å². The second kappa shape index (κ2) is 5.04. The van der Waals surface area contributed by atoms with Crippen LogP contribution in [0, 0.1) is 5.92 Å². The maximum Gasteiger partial charge on any atom is 0.404 e. The molecule has 17 heavy (non-hydrogen) atoms. The van der Waals surface area contributed by atoms with Gasteiger partial charge in [0.2, 0.25) is 0 Å². The molecule has 90 valence electrons. The first-order valence-electron chi connectivity index (χ1n) is 5.95. The summed E-state index contributed by atoms with van der Waals surface area (Å²) in [6.45, 7) is 2.12. The summed E-state index contributed by atoms with van der Waals surface area (Å²) in [5.41, 5.74) is 2.51. The molecule has 1 aromatic rings. The summed E-state index contributed by atoms with van der Waals surface area (Å²) in [5, 5.41) is 11.2. The van der Waals surface area contributed by atoms with E-state index in [1.807, 2.05) is 18.2 Å². The largest absolute Gasteiger partial charge is 0.465 e. The molecule has 0 bridgehead atoms. The molecule has 2 N–H and O–H groups in total. The van der Waals surface area contributed by atoms with Gasteiger partial charge in [-0.3, -0.25) is 0 Å². The standard InChI is InChI=1S/C14H17NO2/c1-2-11(8-10-6-4-3-5-7-10)12-9-13(12)15-14(16)17/h3-8,12-13,15H,2,9H2,1H3,(H,16,17)/t12?,13-/m0/s1. The summed E-state index contributed by atoms with van der Waals surface area (Å²) >= 11 is 0. The minimum atomic E-state index is -0.923. The Labute approximate surface area is 101 Å². The van der Waals surface area contributed by atoms with Gasteiger partial charge in [0.25, 0.3) is 0 Å². The summed E-state index contributed by atoms with van der Waals surface area (Å²) < 4.78 is 0. The highest BCUT2D eigenvalue weighted by molar-refractivity contribution is 5.66. The lowest BCUT2D eigenvalue weighted by Crippen LogP contribution is -2.24. The van der Waals surface area contributed by atoms with Gasteiger partial charge < -0.3 is 10.4 Å². The van der Waals surface area contributed by atoms with Crippen LogP contribution in [0.4, 0.5) is 4.79 Å². The zero-order chi connectivity index (χ0) is 12.3. The van der Waals surface area contributed by atoms with Crippen molar-refractivity contribution in [2.24, 2.45) is 5.92 Å². The minimum Gasteiger partial charge on any atom is -0.465 e. The third-order valence-corrected chi connectivity index (χ3v) is 3.14. The molecule has 1 saturated carbocycles. The molecule has 0 radical (unpaired) electrons. The number of rotatable bonds is 4. The van der Waals surface area contributed by atoms with Crippen LogP contribution in [-0.4, -0.2) is 17.2 Å². The Hall–Kier alpha value is -1.77. The summed E-state index contributed by atoms with van der Waals surface area (Å²) in [4.78, 5) is 10.5. The third kappa shape index (κ3) is 3.09. The van der Waals surface area contributed by atoms with Gasteiger partial charge in [0.1, 0.15) is 0 Å². The average molecular weight is 231 g/mol. The SMILES string of the molecule is CCC(=Cc1ccccc1)C1C[C@@H]1NC(=O)O. The monoisotopic (exact) mass is 231 g/mol. The number of carbonyl (C=O) groups is 1. The van der Waals surface area contributed by atoms with Crippen molar-refractivity contribution in [3.8, 4) is 0 Å². The molecule has 1 amide bonds. The second-order valence-electron chi connectivity index (χ2n) is 4.38. The summed E-state index contributed by atoms with van der Waals surface area (Å²) in [7, 11) is 0. The fourth-order valence-electron chi connectivity index (χ4n) is 2.16. The Morgan fingerprint density at radius 1 is 1.47 bits per heavy atom. The zero-order valence-electron chi connectivity index (χ0n) is 9.89. The molecule has 3 nitrogen and oxygen atoms in total. The first kappa shape index (κ1) is 11.7. The molecule has 1 aliphatic carbocycles. The van der Waals surface area contributed by atoms with Crippen molar-refractivity contribution >= 4 is 12.2 Å². The summed E-state index contributed by atoms with van der Waals surface area (Å²) in [6, 6.07) is 10.3. The normalized spacial score (nSPS) is 23.2. The lowest BCUT2D eigenvalue weighted by Gasteiger charge is -2.04. The fraction of sp³-hybridized carbons (Fsp3) is 0.357. The molecule has 0 aliphatic heterocycles. The van der Waals surface area contributed by atoms with Gasteiger partial charge in [-0.05, 0) is 18.4 Å². The maximum absolute atomic E-state index is 10.5. The zero-order valence-corrected chi connectivity index (χ0v) is 9.89. The van der Waals surface area contributed by atoms with Crippen LogP contribution in [0.15, 0.2) is 35.9 Å². The average Bonchev–Trinajstić information content (AvgIpc) is 3.05. The molecule has 2 rings (SSSR count). The van der Waals surface area contributed by atoms with E-state index in [2.05, 4.69) is 30.4 Å². The maximum atomic E-state index is 10.5. The van der Waals surface area contributed by atoms with Crippen LogP contribution in [-0.2, 0) is 0 Å². The van der Waals surface area contributed by atoms with Crippen LogP contribution in [0.5, 0.6) is 0 Å². The molecule has 1 aliphatic rings. The van der Waals surface area contributed by atoms with Crippen LogP contribution < -0.4 is 5.32 Å². The van der Waals surface area contributed by atoms with Crippen molar-refractivity contribution < 1.29 is 9.90 Å². The van der Waals surface area contributed by atoms with E-state index >= 15 is 0 Å². The highest BCUT2D eigenvalue weighted by Crippen LogP contribution is 2.39. The molecule has 0 saturated heterocycles. The second-order valence-corrected chi connectivity index (χ2v) is 4.38. The highest BCUT2D eigenvalue weighted by atomic mass is 16.4. The van der Waals surface area contributed by atoms with E-state index in [0.29, 0.717) is 5.92 Å². The molecule has 1 aromatic carbocycles. The van der Waals surface area contributed by atoms with Crippen LogP contribution in [0.1, 0.15) is 25.3 Å². The predicted molar refractivity (Wildman–Crippen MR) is 67.8 cm³/mol. The first-order valence-corrected chi connectivity index (χ1v) is 5.95. The Morgan fingerprint density at radius 3 is 2.76 bits per heavy atom. The smallest absolute Gasteiger partial charge is 0.404 e. The number of benzene rings is 1. The first-order chi connectivity index (χ1) is 8.20. The molecular weight excluding hydrogens is 214 g/mol. The number of nitrogens with one attached hydrogen (secondary N) is 1. The van der Waals surface area contributed by atoms with E-state index in [4.69, 9.17) is 5.11 Å². The van der Waals surface area contributed by atoms with E-state index < -0.39 is 6.09 Å². The molecule has 3 heteroatoms. The van der Waals surface area contributed by atoms with Crippen LogP contribution in [0.2, 0.25) is 0 Å². The van der Waals surface area contributed by atoms with Gasteiger partial charge in [0.15, 0.2) is 0 Å². The molecule has 0 aromatic heterocycles. The number of hydrogen-bond acceptors (Lipinski definition) is 1. The van der Waals surface area contributed by atoms with Crippen molar-refractivity contribution in [3.63, 3.8) is 0 Å². The Kier molecular flexibility index (Phi) is 3.47. The molecular formula is C14H17NO2. The van der Waals surface area contributed by atoms with Gasteiger partial charge in [0, 0.05) is 12.0 Å². The lowest BCUT2D eigenvalue weighted by atomic mass is 10.0. The molecule has 1 unspecified atom stereocenters. The van der Waals surface area contributed by atoms with Crippen LogP contribution in [0.3, 0.4) is 0 Å². The van der Waals surface area contributed by atoms with Crippen molar-refractivity contribution in [1.29, 1.82) is 0 Å². The lowest BCUT2D eigenvalue weighted by molar-refractivity contribution is 0.193. The minimum absolute atomic E-state index is 0.113. The van der Waals surface area contributed by atoms with Crippen molar-refractivity contribution in [3.05, 3.63) is 41.5 Å². The Bertz CT molecular complexity index is 425. The van der Waals surface area contributed by atoms with Gasteiger partial charge in [0.05, 0.1) is 0 Å². The summed E-state index contributed by atoms with van der Waals surface area (Å²) in [6.07, 6.45) is 3.15. The third-order valence-electron chi connectivity index (χ3n) is 3.14. The molecule has 1 fully saturated rings. The van der Waals surface area contributed by atoms with Crippen molar-refractivity contribution in [1.82, 2.24) is 5.32 Å². The van der Waals surface area contributed by atoms with Gasteiger partial charge >= 0.3 is 6.09 Å². The van der Waals surface area contributed by atoms with E-state index in [1.165, 1.54) is 11.1 Å². The number of amides is 1. The molecule has 0 heterocycles. The van der Waals surface area contributed by atoms with Crippen LogP contribution >= 0.6 is 0 Å². The topological polar surface area (TPSA) is 49.3 Å². The predicted octanol–water partition coefficient (Wildman–Crippen LogP) is 3.14. The van der Waals surface area contributed by atoms with Gasteiger partial charge in [-0.1, -0.05) is 48.9 Å². The Morgan fingerprint density at radius 2 is 2.18 bits per heavy atom. The molecule has 2 atom stereocenters. The van der Waals surface area contributed by atoms with E-state index in [0.717, 1.165) is 12.8 Å². The fourth-order valence-corrected chi connectivity index (χ4v) is 2.16. The van der Waals surface area contributed by atoms with Crippen molar-refractivity contribution in [2.45, 2.75) is 25.8 Å². The Balaban J connectivity index is 2.04. The van der Waals surface area contributed by atoms with Gasteiger partial charge in [-0.25, -0.2) is 4.79 Å². The van der Waals surface area contributed by atoms with E-state index in [9.17, 15) is 4.79 Å². The highest BCUT2D eigenvalue weighted by Gasteiger charge is 2.40. The number of carboxylic acid groups (broad SMARTS) is 1. The van der Waals surface area contributed by atoms with Crippen molar-refractivity contribution in [2.75, 3.05) is 0 Å². The quantitative estimate of drug-likeness (QED) is 0.836. The number of hydrogen-bond donors (Lipinski definition) is 2. The summed E-state index contributed by atoms with van der Waals surface area (Å²) in [5.74, 6) is 0.385. The van der Waals surface area contributed by atoms with Gasteiger partial charge in [-0.15, -0.1) is 0 Å². The van der Waals surface area contributed by atoms with Gasteiger partial charge in [-0.2, -0.15) is 0 Å². The van der Waals surface area contributed by atoms with E-state index in [-0.39, 0.29) is 6.04 Å².